The predicted molar refractivity (Wildman–Crippen MR) is 91.1 cm³/mol. The van der Waals surface area contributed by atoms with E-state index in [1.54, 1.807) is 24.3 Å². The van der Waals surface area contributed by atoms with Crippen molar-refractivity contribution in [1.82, 2.24) is 0 Å². The van der Waals surface area contributed by atoms with Crippen molar-refractivity contribution in [2.24, 2.45) is 0 Å². The molecule has 21 heavy (non-hydrogen) atoms. The van der Waals surface area contributed by atoms with Crippen LogP contribution < -0.4 is 0 Å². The van der Waals surface area contributed by atoms with Crippen LogP contribution in [-0.2, 0) is 0 Å². The zero-order valence-electron chi connectivity index (χ0n) is 12.0. The average molecular weight is 276 g/mol. The highest BCUT2D eigenvalue weighted by atomic mass is 16.3. The number of hydrogen-bond donors (Lipinski definition) is 1. The highest BCUT2D eigenvalue weighted by Gasteiger charge is 1.76. The number of phenolic OH excluding ortho intramolecular Hbond substituents is 1. The molecule has 3 aromatic rings. The van der Waals surface area contributed by atoms with E-state index in [2.05, 4.69) is 6.58 Å². The van der Waals surface area contributed by atoms with Crippen LogP contribution in [0.3, 0.4) is 0 Å². The summed E-state index contributed by atoms with van der Waals surface area (Å²) in [6.07, 6.45) is 1.83. The first-order chi connectivity index (χ1) is 10.3. The molecule has 0 amide bonds. The molecule has 0 saturated heterocycles. The first-order valence-corrected chi connectivity index (χ1v) is 6.74. The van der Waals surface area contributed by atoms with Gasteiger partial charge in [-0.05, 0) is 17.7 Å². The van der Waals surface area contributed by atoms with Gasteiger partial charge < -0.3 is 5.11 Å². The number of hydrogen-bond acceptors (Lipinski definition) is 1. The van der Waals surface area contributed by atoms with Gasteiger partial charge in [0.25, 0.3) is 0 Å². The zero-order valence-corrected chi connectivity index (χ0v) is 12.0. The summed E-state index contributed by atoms with van der Waals surface area (Å²) >= 11 is 0. The smallest absolute Gasteiger partial charge is 0.115 e. The Hall–Kier alpha value is -2.80. The standard InChI is InChI=1S/C8H8.C6H6O.C6H6/c1-2-8-6-4-3-5-7-8;7-6-4-2-1-3-5-6;1-2-4-6-5-3-1/h2-7H,1H2;1-5,7H;1-6H. The Morgan fingerprint density at radius 3 is 1.14 bits per heavy atom. The maximum Gasteiger partial charge on any atom is 0.115 e. The molecule has 1 heteroatoms. The molecule has 0 aromatic heterocycles. The molecular formula is C20H20O. The van der Waals surface area contributed by atoms with Gasteiger partial charge in [0.2, 0.25) is 0 Å². The van der Waals surface area contributed by atoms with Crippen LogP contribution in [0, 0.1) is 0 Å². The quantitative estimate of drug-likeness (QED) is 0.630. The summed E-state index contributed by atoms with van der Waals surface area (Å²) in [5, 5.41) is 8.63. The van der Waals surface area contributed by atoms with Crippen molar-refractivity contribution < 1.29 is 5.11 Å². The van der Waals surface area contributed by atoms with Crippen molar-refractivity contribution in [2.75, 3.05) is 0 Å². The third kappa shape index (κ3) is 8.84. The molecule has 106 valence electrons. The molecule has 3 aromatic carbocycles. The van der Waals surface area contributed by atoms with Crippen LogP contribution >= 0.6 is 0 Å². The third-order valence-corrected chi connectivity index (χ3v) is 2.46. The lowest BCUT2D eigenvalue weighted by atomic mass is 10.2. The van der Waals surface area contributed by atoms with Gasteiger partial charge >= 0.3 is 0 Å². The van der Waals surface area contributed by atoms with Gasteiger partial charge in [0.15, 0.2) is 0 Å². The minimum atomic E-state index is 0.322. The Morgan fingerprint density at radius 2 is 0.905 bits per heavy atom. The summed E-state index contributed by atoms with van der Waals surface area (Å²) in [6.45, 7) is 3.63. The van der Waals surface area contributed by atoms with Gasteiger partial charge in [0.05, 0.1) is 0 Å². The average Bonchev–Trinajstić information content (AvgIpc) is 2.59. The highest BCUT2D eigenvalue weighted by molar-refractivity contribution is 5.45. The van der Waals surface area contributed by atoms with E-state index in [1.165, 1.54) is 5.56 Å². The summed E-state index contributed by atoms with van der Waals surface area (Å²) in [5.74, 6) is 0.322. The monoisotopic (exact) mass is 276 g/mol. The number of aromatic hydroxyl groups is 1. The molecule has 1 N–H and O–H groups in total. The number of para-hydroxylation sites is 1. The lowest BCUT2D eigenvalue weighted by molar-refractivity contribution is 0.475. The summed E-state index contributed by atoms with van der Waals surface area (Å²) in [6, 6.07) is 30.7. The van der Waals surface area contributed by atoms with E-state index >= 15 is 0 Å². The fraction of sp³-hybridized carbons (Fsp3) is 0. The van der Waals surface area contributed by atoms with E-state index in [9.17, 15) is 0 Å². The molecule has 0 atom stereocenters. The number of benzene rings is 3. The van der Waals surface area contributed by atoms with Gasteiger partial charge in [-0.1, -0.05) is 97.6 Å². The molecular weight excluding hydrogens is 256 g/mol. The van der Waals surface area contributed by atoms with Gasteiger partial charge in [-0.25, -0.2) is 0 Å². The van der Waals surface area contributed by atoms with Crippen LogP contribution in [0.5, 0.6) is 5.75 Å². The molecule has 0 aliphatic heterocycles. The summed E-state index contributed by atoms with van der Waals surface area (Å²) in [4.78, 5) is 0. The van der Waals surface area contributed by atoms with Gasteiger partial charge in [-0.3, -0.25) is 0 Å². The first-order valence-electron chi connectivity index (χ1n) is 6.74. The van der Waals surface area contributed by atoms with Crippen molar-refractivity contribution in [3.05, 3.63) is 109 Å². The van der Waals surface area contributed by atoms with Gasteiger partial charge in [-0.15, -0.1) is 0 Å². The second-order valence-electron chi connectivity index (χ2n) is 4.11. The van der Waals surface area contributed by atoms with Crippen LogP contribution in [0.25, 0.3) is 6.08 Å². The predicted octanol–water partition coefficient (Wildman–Crippen LogP) is 5.41. The second kappa shape index (κ2) is 11.1. The summed E-state index contributed by atoms with van der Waals surface area (Å²) in [7, 11) is 0. The Balaban J connectivity index is 0.000000159. The first kappa shape index (κ1) is 16.3. The van der Waals surface area contributed by atoms with E-state index in [1.807, 2.05) is 78.9 Å². The summed E-state index contributed by atoms with van der Waals surface area (Å²) < 4.78 is 0. The molecule has 0 unspecified atom stereocenters. The van der Waals surface area contributed by atoms with E-state index in [-0.39, 0.29) is 0 Å². The van der Waals surface area contributed by atoms with Crippen molar-refractivity contribution in [3.63, 3.8) is 0 Å². The van der Waals surface area contributed by atoms with Crippen molar-refractivity contribution in [2.45, 2.75) is 0 Å². The SMILES string of the molecule is C=Cc1ccccc1.Oc1ccccc1.c1ccccc1. The molecule has 0 bridgehead atoms. The fourth-order valence-corrected chi connectivity index (χ4v) is 1.40. The van der Waals surface area contributed by atoms with Crippen LogP contribution in [-0.4, -0.2) is 5.11 Å². The Kier molecular flexibility index (Phi) is 8.56. The molecule has 0 radical (unpaired) electrons. The van der Waals surface area contributed by atoms with E-state index in [4.69, 9.17) is 5.11 Å². The van der Waals surface area contributed by atoms with Crippen LogP contribution in [0.2, 0.25) is 0 Å². The molecule has 0 heterocycles. The molecule has 0 aliphatic carbocycles. The minimum absolute atomic E-state index is 0.322. The largest absolute Gasteiger partial charge is 0.508 e. The van der Waals surface area contributed by atoms with Crippen LogP contribution in [0.4, 0.5) is 0 Å². The highest BCUT2D eigenvalue weighted by Crippen LogP contribution is 2.02. The molecule has 0 fully saturated rings. The van der Waals surface area contributed by atoms with Crippen molar-refractivity contribution in [3.8, 4) is 5.75 Å². The maximum atomic E-state index is 8.63. The lowest BCUT2D eigenvalue weighted by Crippen LogP contribution is -1.63. The van der Waals surface area contributed by atoms with Crippen molar-refractivity contribution >= 4 is 6.08 Å². The normalized spacial score (nSPS) is 8.38. The van der Waals surface area contributed by atoms with Crippen molar-refractivity contribution in [1.29, 1.82) is 0 Å². The topological polar surface area (TPSA) is 20.2 Å². The molecule has 1 nitrogen and oxygen atoms in total. The summed E-state index contributed by atoms with van der Waals surface area (Å²) in [5.41, 5.74) is 1.17. The Labute approximate surface area is 126 Å². The number of phenols is 1. The fourth-order valence-electron chi connectivity index (χ4n) is 1.40. The van der Waals surface area contributed by atoms with E-state index < -0.39 is 0 Å². The Morgan fingerprint density at radius 1 is 0.571 bits per heavy atom. The van der Waals surface area contributed by atoms with E-state index in [0.29, 0.717) is 5.75 Å². The van der Waals surface area contributed by atoms with Crippen LogP contribution in [0.1, 0.15) is 5.56 Å². The minimum Gasteiger partial charge on any atom is -0.508 e. The molecule has 0 spiro atoms. The molecule has 0 aliphatic rings. The van der Waals surface area contributed by atoms with E-state index in [0.717, 1.165) is 0 Å². The van der Waals surface area contributed by atoms with Crippen LogP contribution in [0.15, 0.2) is 104 Å². The maximum absolute atomic E-state index is 8.63. The zero-order chi connectivity index (χ0) is 15.2. The lowest BCUT2D eigenvalue weighted by Gasteiger charge is -1.85. The Bertz CT molecular complexity index is 547. The van der Waals surface area contributed by atoms with Gasteiger partial charge in [-0.2, -0.15) is 0 Å². The van der Waals surface area contributed by atoms with Gasteiger partial charge in [0.1, 0.15) is 5.75 Å². The molecule has 0 saturated carbocycles. The second-order valence-corrected chi connectivity index (χ2v) is 4.11. The third-order valence-electron chi connectivity index (χ3n) is 2.46. The van der Waals surface area contributed by atoms with Gasteiger partial charge in [0, 0.05) is 0 Å². The number of rotatable bonds is 1. The molecule has 3 rings (SSSR count).